The van der Waals surface area contributed by atoms with Gasteiger partial charge in [-0.05, 0) is 37.1 Å². The smallest absolute Gasteiger partial charge is 0.247 e. The molecule has 1 amide bonds. The van der Waals surface area contributed by atoms with Gasteiger partial charge >= 0.3 is 0 Å². The summed E-state index contributed by atoms with van der Waals surface area (Å²) in [7, 11) is 0. The molecule has 0 unspecified atom stereocenters. The maximum absolute atomic E-state index is 11.9. The van der Waals surface area contributed by atoms with Crippen molar-refractivity contribution in [2.75, 3.05) is 13.2 Å². The SMILES string of the molecule is O=C(CCc1nnc(-c2ccccc2)o1)NCCCCOc1ccccc1. The first-order valence-corrected chi connectivity index (χ1v) is 9.13. The quantitative estimate of drug-likeness (QED) is 0.555. The summed E-state index contributed by atoms with van der Waals surface area (Å²) in [5.74, 6) is 1.80. The number of para-hydroxylation sites is 1. The van der Waals surface area contributed by atoms with Gasteiger partial charge in [-0.3, -0.25) is 4.79 Å². The van der Waals surface area contributed by atoms with Crippen LogP contribution in [-0.2, 0) is 11.2 Å². The van der Waals surface area contributed by atoms with E-state index >= 15 is 0 Å². The van der Waals surface area contributed by atoms with Crippen LogP contribution >= 0.6 is 0 Å². The molecule has 0 atom stereocenters. The number of ether oxygens (including phenoxy) is 1. The van der Waals surface area contributed by atoms with Gasteiger partial charge in [-0.2, -0.15) is 0 Å². The first kappa shape index (κ1) is 18.6. The predicted molar refractivity (Wildman–Crippen MR) is 102 cm³/mol. The molecule has 0 aliphatic rings. The second-order valence-electron chi connectivity index (χ2n) is 6.09. The second kappa shape index (κ2) is 10.1. The number of amides is 1. The van der Waals surface area contributed by atoms with Crippen molar-refractivity contribution < 1.29 is 13.9 Å². The minimum absolute atomic E-state index is 0.0153. The zero-order valence-corrected chi connectivity index (χ0v) is 15.1. The average molecular weight is 365 g/mol. The van der Waals surface area contributed by atoms with E-state index in [-0.39, 0.29) is 5.91 Å². The Labute approximate surface area is 158 Å². The fourth-order valence-corrected chi connectivity index (χ4v) is 2.52. The van der Waals surface area contributed by atoms with Gasteiger partial charge in [0, 0.05) is 24.9 Å². The van der Waals surface area contributed by atoms with E-state index in [1.807, 2.05) is 60.7 Å². The van der Waals surface area contributed by atoms with E-state index in [1.54, 1.807) is 0 Å². The molecule has 6 nitrogen and oxygen atoms in total. The zero-order chi connectivity index (χ0) is 18.7. The van der Waals surface area contributed by atoms with Crippen LogP contribution in [0.5, 0.6) is 5.75 Å². The number of hydrogen-bond acceptors (Lipinski definition) is 5. The molecule has 3 aromatic rings. The largest absolute Gasteiger partial charge is 0.494 e. The number of nitrogens with zero attached hydrogens (tertiary/aromatic N) is 2. The molecular formula is C21H23N3O3. The summed E-state index contributed by atoms with van der Waals surface area (Å²) in [6.45, 7) is 1.28. The molecule has 140 valence electrons. The standard InChI is InChI=1S/C21H23N3O3/c25-19(22-15-7-8-16-26-18-11-5-2-6-12-18)13-14-20-23-24-21(27-20)17-9-3-1-4-10-17/h1-6,9-12H,7-8,13-16H2,(H,22,25). The molecule has 0 fully saturated rings. The highest BCUT2D eigenvalue weighted by molar-refractivity contribution is 5.75. The van der Waals surface area contributed by atoms with Gasteiger partial charge < -0.3 is 14.5 Å². The maximum Gasteiger partial charge on any atom is 0.247 e. The van der Waals surface area contributed by atoms with Gasteiger partial charge in [-0.25, -0.2) is 0 Å². The van der Waals surface area contributed by atoms with Crippen LogP contribution in [0.15, 0.2) is 65.1 Å². The number of benzene rings is 2. The minimum Gasteiger partial charge on any atom is -0.494 e. The van der Waals surface area contributed by atoms with Gasteiger partial charge in [0.2, 0.25) is 17.7 Å². The summed E-state index contributed by atoms with van der Waals surface area (Å²) in [6, 6.07) is 19.3. The Hall–Kier alpha value is -3.15. The number of hydrogen-bond donors (Lipinski definition) is 1. The first-order chi connectivity index (χ1) is 13.3. The number of aromatic nitrogens is 2. The van der Waals surface area contributed by atoms with Crippen molar-refractivity contribution in [3.05, 3.63) is 66.6 Å². The monoisotopic (exact) mass is 365 g/mol. The van der Waals surface area contributed by atoms with Gasteiger partial charge in [0.25, 0.3) is 0 Å². The Morgan fingerprint density at radius 1 is 0.963 bits per heavy atom. The van der Waals surface area contributed by atoms with E-state index in [2.05, 4.69) is 15.5 Å². The van der Waals surface area contributed by atoms with E-state index < -0.39 is 0 Å². The van der Waals surface area contributed by atoms with E-state index in [1.165, 1.54) is 0 Å². The van der Waals surface area contributed by atoms with Crippen LogP contribution in [0.25, 0.3) is 11.5 Å². The highest BCUT2D eigenvalue weighted by atomic mass is 16.5. The summed E-state index contributed by atoms with van der Waals surface area (Å²) in [5.41, 5.74) is 0.874. The Balaban J connectivity index is 1.28. The third-order valence-electron chi connectivity index (χ3n) is 3.96. The number of rotatable bonds is 10. The summed E-state index contributed by atoms with van der Waals surface area (Å²) in [5, 5.41) is 10.9. The lowest BCUT2D eigenvalue weighted by molar-refractivity contribution is -0.121. The van der Waals surface area contributed by atoms with Crippen LogP contribution in [0.1, 0.15) is 25.2 Å². The van der Waals surface area contributed by atoms with E-state index in [0.717, 1.165) is 24.2 Å². The van der Waals surface area contributed by atoms with E-state index in [9.17, 15) is 4.79 Å². The summed E-state index contributed by atoms with van der Waals surface area (Å²) >= 11 is 0. The van der Waals surface area contributed by atoms with Crippen molar-refractivity contribution in [3.8, 4) is 17.2 Å². The van der Waals surface area contributed by atoms with Crippen molar-refractivity contribution in [2.24, 2.45) is 0 Å². The van der Waals surface area contributed by atoms with Gasteiger partial charge in [0.15, 0.2) is 0 Å². The second-order valence-corrected chi connectivity index (χ2v) is 6.09. The van der Waals surface area contributed by atoms with Gasteiger partial charge in [-0.15, -0.1) is 10.2 Å². The molecule has 0 spiro atoms. The third-order valence-corrected chi connectivity index (χ3v) is 3.96. The average Bonchev–Trinajstić information content (AvgIpc) is 3.20. The number of aryl methyl sites for hydroxylation is 1. The first-order valence-electron chi connectivity index (χ1n) is 9.13. The Morgan fingerprint density at radius 2 is 1.70 bits per heavy atom. The molecule has 6 heteroatoms. The van der Waals surface area contributed by atoms with Crippen molar-refractivity contribution in [3.63, 3.8) is 0 Å². The van der Waals surface area contributed by atoms with Crippen LogP contribution in [-0.4, -0.2) is 29.3 Å². The normalized spacial score (nSPS) is 10.5. The fraction of sp³-hybridized carbons (Fsp3) is 0.286. The molecule has 0 saturated carbocycles. The van der Waals surface area contributed by atoms with Crippen molar-refractivity contribution in [2.45, 2.75) is 25.7 Å². The number of nitrogens with one attached hydrogen (secondary N) is 1. The Morgan fingerprint density at radius 3 is 2.48 bits per heavy atom. The predicted octanol–water partition coefficient (Wildman–Crippen LogP) is 3.64. The molecule has 1 aromatic heterocycles. The Bertz CT molecular complexity index is 819. The van der Waals surface area contributed by atoms with Crippen LogP contribution in [0.3, 0.4) is 0 Å². The molecule has 2 aromatic carbocycles. The zero-order valence-electron chi connectivity index (χ0n) is 15.1. The van der Waals surface area contributed by atoms with Crippen molar-refractivity contribution >= 4 is 5.91 Å². The van der Waals surface area contributed by atoms with Crippen LogP contribution in [0.2, 0.25) is 0 Å². The summed E-state index contributed by atoms with van der Waals surface area (Å²) in [4.78, 5) is 11.9. The molecule has 0 saturated heterocycles. The van der Waals surface area contributed by atoms with Crippen LogP contribution in [0.4, 0.5) is 0 Å². The van der Waals surface area contributed by atoms with Crippen molar-refractivity contribution in [1.82, 2.24) is 15.5 Å². The number of carbonyl (C=O) groups excluding carboxylic acids is 1. The molecule has 27 heavy (non-hydrogen) atoms. The van der Waals surface area contributed by atoms with E-state index in [4.69, 9.17) is 9.15 Å². The molecule has 0 bridgehead atoms. The number of carbonyl (C=O) groups is 1. The lowest BCUT2D eigenvalue weighted by atomic mass is 10.2. The highest BCUT2D eigenvalue weighted by Crippen LogP contribution is 2.17. The summed E-state index contributed by atoms with van der Waals surface area (Å²) in [6.07, 6.45) is 2.52. The lowest BCUT2D eigenvalue weighted by Crippen LogP contribution is -2.25. The molecule has 0 aliphatic heterocycles. The number of unbranched alkanes of at least 4 members (excludes halogenated alkanes) is 1. The van der Waals surface area contributed by atoms with Crippen LogP contribution in [0, 0.1) is 0 Å². The van der Waals surface area contributed by atoms with Crippen molar-refractivity contribution in [1.29, 1.82) is 0 Å². The Kier molecular flexibility index (Phi) is 6.98. The molecule has 1 N–H and O–H groups in total. The summed E-state index contributed by atoms with van der Waals surface area (Å²) < 4.78 is 11.2. The van der Waals surface area contributed by atoms with Gasteiger partial charge in [0.05, 0.1) is 6.61 Å². The van der Waals surface area contributed by atoms with E-state index in [0.29, 0.717) is 37.8 Å². The van der Waals surface area contributed by atoms with Gasteiger partial charge in [0.1, 0.15) is 5.75 Å². The van der Waals surface area contributed by atoms with Crippen LogP contribution < -0.4 is 10.1 Å². The maximum atomic E-state index is 11.9. The molecular weight excluding hydrogens is 342 g/mol. The molecule has 0 aliphatic carbocycles. The van der Waals surface area contributed by atoms with Gasteiger partial charge in [-0.1, -0.05) is 36.4 Å². The fourth-order valence-electron chi connectivity index (χ4n) is 2.52. The lowest BCUT2D eigenvalue weighted by Gasteiger charge is -2.06. The highest BCUT2D eigenvalue weighted by Gasteiger charge is 2.10. The topological polar surface area (TPSA) is 77.2 Å². The molecule has 0 radical (unpaired) electrons. The third kappa shape index (κ3) is 6.26. The molecule has 3 rings (SSSR count). The minimum atomic E-state index is -0.0153. The molecule has 1 heterocycles.